The molecule has 0 amide bonds. The normalized spacial score (nSPS) is 20.3. The largest absolute Gasteiger partial charge is 0.511 e. The number of benzene rings is 2. The molecule has 2 aliphatic rings. The van der Waals surface area contributed by atoms with Crippen molar-refractivity contribution >= 4 is 28.4 Å². The first kappa shape index (κ1) is 25.0. The van der Waals surface area contributed by atoms with E-state index in [9.17, 15) is 9.59 Å². The van der Waals surface area contributed by atoms with Gasteiger partial charge in [-0.05, 0) is 44.2 Å². The van der Waals surface area contributed by atoms with Crippen LogP contribution in [0.15, 0.2) is 41.3 Å². The van der Waals surface area contributed by atoms with Crippen molar-refractivity contribution in [3.05, 3.63) is 58.4 Å². The molecule has 5 rings (SSSR count). The summed E-state index contributed by atoms with van der Waals surface area (Å²) in [5.41, 5.74) is 0.530. The Kier molecular flexibility index (Phi) is 6.74. The van der Waals surface area contributed by atoms with Crippen LogP contribution in [0.1, 0.15) is 13.8 Å². The Bertz CT molecular complexity index is 1410. The summed E-state index contributed by atoms with van der Waals surface area (Å²) in [7, 11) is 0. The van der Waals surface area contributed by atoms with Gasteiger partial charge in [0.15, 0.2) is 5.75 Å². The van der Waals surface area contributed by atoms with Crippen molar-refractivity contribution in [1.82, 2.24) is 15.2 Å². The summed E-state index contributed by atoms with van der Waals surface area (Å²) in [5.74, 6) is -1.74. The Balaban J connectivity index is 1.66. The van der Waals surface area contributed by atoms with Crippen molar-refractivity contribution in [3.8, 4) is 11.4 Å². The monoisotopic (exact) mass is 513 g/mol. The summed E-state index contributed by atoms with van der Waals surface area (Å²) in [6.45, 7) is 8.06. The van der Waals surface area contributed by atoms with Crippen LogP contribution in [0.25, 0.3) is 16.6 Å². The molecule has 0 saturated carbocycles. The molecule has 9 nitrogen and oxygen atoms in total. The zero-order valence-corrected chi connectivity index (χ0v) is 20.6. The Morgan fingerprint density at radius 2 is 1.62 bits per heavy atom. The first-order valence-corrected chi connectivity index (χ1v) is 12.3. The van der Waals surface area contributed by atoms with Gasteiger partial charge >= 0.3 is 6.16 Å². The van der Waals surface area contributed by atoms with Gasteiger partial charge in [0.1, 0.15) is 11.6 Å². The minimum Gasteiger partial charge on any atom is -0.449 e. The first-order valence-electron chi connectivity index (χ1n) is 12.3. The van der Waals surface area contributed by atoms with Gasteiger partial charge < -0.3 is 34.8 Å². The predicted octanol–water partition coefficient (Wildman–Crippen LogP) is 2.92. The lowest BCUT2D eigenvalue weighted by atomic mass is 10.1. The van der Waals surface area contributed by atoms with Gasteiger partial charge in [0.25, 0.3) is 0 Å². The molecule has 0 bridgehead atoms. The van der Waals surface area contributed by atoms with Crippen molar-refractivity contribution in [1.29, 1.82) is 0 Å². The summed E-state index contributed by atoms with van der Waals surface area (Å²) in [5, 5.41) is 15.7. The van der Waals surface area contributed by atoms with Crippen LogP contribution < -0.4 is 30.6 Å². The van der Waals surface area contributed by atoms with E-state index >= 15 is 8.78 Å². The number of ether oxygens (including phenoxy) is 1. The third-order valence-electron chi connectivity index (χ3n) is 6.87. The van der Waals surface area contributed by atoms with Crippen LogP contribution in [-0.2, 0) is 0 Å². The second-order valence-corrected chi connectivity index (χ2v) is 9.62. The van der Waals surface area contributed by atoms with Crippen molar-refractivity contribution in [2.24, 2.45) is 0 Å². The van der Waals surface area contributed by atoms with Crippen LogP contribution in [-0.4, -0.2) is 67.2 Å². The van der Waals surface area contributed by atoms with E-state index in [2.05, 4.69) is 22.5 Å². The summed E-state index contributed by atoms with van der Waals surface area (Å²) >= 11 is 0. The lowest BCUT2D eigenvalue weighted by Gasteiger charge is -2.34. The smallest absolute Gasteiger partial charge is 0.449 e. The van der Waals surface area contributed by atoms with Gasteiger partial charge in [-0.25, -0.2) is 13.6 Å². The molecule has 0 aliphatic carbocycles. The maximum absolute atomic E-state index is 15.6. The molecule has 3 aromatic rings. The average molecular weight is 514 g/mol. The highest BCUT2D eigenvalue weighted by Crippen LogP contribution is 2.31. The van der Waals surface area contributed by atoms with E-state index in [4.69, 9.17) is 9.84 Å². The zero-order valence-electron chi connectivity index (χ0n) is 20.6. The molecule has 2 saturated heterocycles. The number of anilines is 2. The fraction of sp³-hybridized carbons (Fsp3) is 0.385. The van der Waals surface area contributed by atoms with E-state index in [1.165, 1.54) is 16.7 Å². The number of carboxylic acid groups (broad SMARTS) is 1. The number of fused-ring (bicyclic) bond motifs is 1. The van der Waals surface area contributed by atoms with E-state index in [1.54, 1.807) is 12.1 Å². The molecule has 3 N–H and O–H groups in total. The van der Waals surface area contributed by atoms with Crippen molar-refractivity contribution in [3.63, 3.8) is 0 Å². The number of aromatic nitrogens is 1. The highest BCUT2D eigenvalue weighted by atomic mass is 19.1. The van der Waals surface area contributed by atoms with Crippen LogP contribution in [0, 0.1) is 11.6 Å². The number of hydrogen-bond donors (Lipinski definition) is 3. The first-order chi connectivity index (χ1) is 17.7. The molecule has 3 heterocycles. The Morgan fingerprint density at radius 1 is 0.973 bits per heavy atom. The molecular formula is C26H29F2N5O4. The number of rotatable bonds is 4. The van der Waals surface area contributed by atoms with Gasteiger partial charge in [0, 0.05) is 57.0 Å². The summed E-state index contributed by atoms with van der Waals surface area (Å²) < 4.78 is 36.9. The highest BCUT2D eigenvalue weighted by Gasteiger charge is 2.24. The van der Waals surface area contributed by atoms with Gasteiger partial charge in [-0.3, -0.25) is 4.79 Å². The molecule has 37 heavy (non-hydrogen) atoms. The molecule has 1 aromatic heterocycles. The maximum atomic E-state index is 15.6. The Labute approximate surface area is 212 Å². The van der Waals surface area contributed by atoms with Gasteiger partial charge in [-0.2, -0.15) is 0 Å². The van der Waals surface area contributed by atoms with Gasteiger partial charge in [-0.1, -0.05) is 0 Å². The summed E-state index contributed by atoms with van der Waals surface area (Å²) in [6.07, 6.45) is -0.551. The lowest BCUT2D eigenvalue weighted by Crippen LogP contribution is -2.49. The topological polar surface area (TPSA) is 99.1 Å². The zero-order chi connectivity index (χ0) is 26.3. The standard InChI is InChI=1S/C26H29F2N5O4/c1-15-12-31(7-5-29-15)17-3-4-21(19(27)9-17)33-14-24(37-26(35)36)25(34)18-10-20(28)23(11-22(18)33)32-8-6-30-16(2)13-32/h3-4,9-11,14-16,29-30H,5-8,12-13H2,1-2H3,(H,35,36). The number of piperazine rings is 2. The van der Waals surface area contributed by atoms with Crippen molar-refractivity contribution in [2.45, 2.75) is 25.9 Å². The van der Waals surface area contributed by atoms with E-state index in [-0.39, 0.29) is 34.4 Å². The SMILES string of the molecule is CC1CN(c2ccc(-n3cc(OC(=O)O)c(=O)c4cc(F)c(N5CCNC(C)C5)cc43)c(F)c2)CCN1. The number of nitrogens with one attached hydrogen (secondary N) is 2. The third kappa shape index (κ3) is 4.96. The molecule has 0 radical (unpaired) electrons. The molecule has 2 fully saturated rings. The van der Waals surface area contributed by atoms with Crippen LogP contribution >= 0.6 is 0 Å². The van der Waals surface area contributed by atoms with Crippen LogP contribution in [0.2, 0.25) is 0 Å². The van der Waals surface area contributed by atoms with E-state index in [1.807, 2.05) is 11.8 Å². The number of pyridine rings is 1. The molecular weight excluding hydrogens is 484 g/mol. The van der Waals surface area contributed by atoms with Crippen molar-refractivity contribution < 1.29 is 23.4 Å². The fourth-order valence-corrected chi connectivity index (χ4v) is 5.12. The predicted molar refractivity (Wildman–Crippen MR) is 137 cm³/mol. The number of hydrogen-bond acceptors (Lipinski definition) is 7. The van der Waals surface area contributed by atoms with E-state index in [0.29, 0.717) is 25.3 Å². The molecule has 2 aliphatic heterocycles. The number of nitrogens with zero attached hydrogens (tertiary/aromatic N) is 3. The second-order valence-electron chi connectivity index (χ2n) is 9.62. The van der Waals surface area contributed by atoms with E-state index in [0.717, 1.165) is 31.9 Å². The molecule has 196 valence electrons. The third-order valence-corrected chi connectivity index (χ3v) is 6.87. The molecule has 11 heteroatoms. The minimum absolute atomic E-state index is 0.0819. The fourth-order valence-electron chi connectivity index (χ4n) is 5.12. The van der Waals surface area contributed by atoms with Gasteiger partial charge in [0.05, 0.1) is 28.5 Å². The van der Waals surface area contributed by atoms with Crippen LogP contribution in [0.5, 0.6) is 5.75 Å². The van der Waals surface area contributed by atoms with Crippen molar-refractivity contribution in [2.75, 3.05) is 49.1 Å². The van der Waals surface area contributed by atoms with Crippen LogP contribution in [0.4, 0.5) is 25.0 Å². The maximum Gasteiger partial charge on any atom is 0.511 e. The minimum atomic E-state index is -1.70. The highest BCUT2D eigenvalue weighted by molar-refractivity contribution is 5.86. The average Bonchev–Trinajstić information content (AvgIpc) is 2.85. The molecule has 2 atom stereocenters. The van der Waals surface area contributed by atoms with Crippen LogP contribution in [0.3, 0.4) is 0 Å². The van der Waals surface area contributed by atoms with E-state index < -0.39 is 29.0 Å². The second kappa shape index (κ2) is 9.98. The number of carbonyl (C=O) groups is 1. The molecule has 2 aromatic carbocycles. The van der Waals surface area contributed by atoms with Gasteiger partial charge in [-0.15, -0.1) is 0 Å². The molecule has 2 unspecified atom stereocenters. The Hall–Kier alpha value is -3.70. The quantitative estimate of drug-likeness (QED) is 0.458. The Morgan fingerprint density at radius 3 is 2.27 bits per heavy atom. The van der Waals surface area contributed by atoms with Gasteiger partial charge in [0.2, 0.25) is 5.43 Å². The molecule has 0 spiro atoms. The number of halogens is 2. The lowest BCUT2D eigenvalue weighted by molar-refractivity contribution is 0.144. The summed E-state index contributed by atoms with van der Waals surface area (Å²) in [4.78, 5) is 28.2. The summed E-state index contributed by atoms with van der Waals surface area (Å²) in [6, 6.07) is 7.74.